The van der Waals surface area contributed by atoms with E-state index in [0.29, 0.717) is 0 Å². The van der Waals surface area contributed by atoms with Gasteiger partial charge in [-0.25, -0.2) is 4.79 Å². The molecule has 0 aromatic carbocycles. The van der Waals surface area contributed by atoms with Gasteiger partial charge in [0.05, 0.1) is 6.61 Å². The molecule has 17 heavy (non-hydrogen) atoms. The number of rotatable bonds is 7. The molecular weight excluding hydrogens is 270 g/mol. The van der Waals surface area contributed by atoms with Gasteiger partial charge in [-0.15, -0.1) is 0 Å². The van der Waals surface area contributed by atoms with Crippen LogP contribution in [0.4, 0.5) is 0 Å². The van der Waals surface area contributed by atoms with Gasteiger partial charge in [-0.1, -0.05) is 14.2 Å². The fourth-order valence-corrected chi connectivity index (χ4v) is 4.22. The fourth-order valence-electron chi connectivity index (χ4n) is 0.928. The molecule has 1 unspecified atom stereocenters. The Hall–Kier alpha value is -0.450. The van der Waals surface area contributed by atoms with Crippen molar-refractivity contribution in [3.05, 3.63) is 12.2 Å². The maximum atomic E-state index is 11.1. The third-order valence-electron chi connectivity index (χ3n) is 1.61. The lowest BCUT2D eigenvalue weighted by atomic mass is 10.4. The van der Waals surface area contributed by atoms with Gasteiger partial charge in [-0.2, -0.15) is 0 Å². The molecule has 0 aliphatic heterocycles. The van der Waals surface area contributed by atoms with Crippen LogP contribution in [0, 0.1) is 0 Å². The van der Waals surface area contributed by atoms with Gasteiger partial charge in [-0.05, 0) is 19.5 Å². The van der Waals surface area contributed by atoms with Crippen LogP contribution in [0.1, 0.15) is 13.3 Å². The van der Waals surface area contributed by atoms with E-state index in [9.17, 15) is 28.6 Å². The van der Waals surface area contributed by atoms with Crippen molar-refractivity contribution in [2.24, 2.45) is 0 Å². The average Bonchev–Trinajstić information content (AvgIpc) is 2.07. The number of carbonyl (C=O) groups excluding carboxylic acids is 1. The largest absolute Gasteiger partial charge is 0.810 e. The summed E-state index contributed by atoms with van der Waals surface area (Å²) in [7, 11) is -9.32. The zero-order valence-electron chi connectivity index (χ0n) is 9.29. The molecule has 0 bridgehead atoms. The maximum Gasteiger partial charge on any atom is 0.333 e. The summed E-state index contributed by atoms with van der Waals surface area (Å²) in [5, 5.41) is 0. The highest BCUT2D eigenvalue weighted by Gasteiger charge is 2.10. The van der Waals surface area contributed by atoms with Crippen LogP contribution in [0.2, 0.25) is 0 Å². The number of ether oxygens (including phenoxy) is 1. The van der Waals surface area contributed by atoms with E-state index in [2.05, 4.69) is 11.3 Å². The van der Waals surface area contributed by atoms with Gasteiger partial charge in [0.1, 0.15) is 0 Å². The highest BCUT2D eigenvalue weighted by atomic mass is 31.2. The van der Waals surface area contributed by atoms with Crippen LogP contribution in [0.5, 0.6) is 0 Å². The van der Waals surface area contributed by atoms with Crippen LogP contribution in [-0.4, -0.2) is 24.6 Å². The zero-order valence-corrected chi connectivity index (χ0v) is 11.1. The highest BCUT2D eigenvalue weighted by molar-refractivity contribution is 7.70. The summed E-state index contributed by atoms with van der Waals surface area (Å²) in [4.78, 5) is 42.6. The van der Waals surface area contributed by atoms with Crippen molar-refractivity contribution in [3.63, 3.8) is 0 Å². The molecule has 0 radical (unpaired) electrons. The minimum atomic E-state index is -5.07. The molecule has 0 heterocycles. The highest BCUT2D eigenvalue weighted by Crippen LogP contribution is 2.47. The van der Waals surface area contributed by atoms with E-state index in [1.165, 1.54) is 6.92 Å². The van der Waals surface area contributed by atoms with Crippen LogP contribution in [0.15, 0.2) is 12.2 Å². The molecule has 0 amide bonds. The lowest BCUT2D eigenvalue weighted by molar-refractivity contribution is -0.312. The molecule has 0 aliphatic carbocycles. The van der Waals surface area contributed by atoms with E-state index in [0.717, 1.165) is 0 Å². The smallest absolute Gasteiger partial charge is 0.333 e. The summed E-state index contributed by atoms with van der Waals surface area (Å²) in [6.45, 7) is 4.59. The van der Waals surface area contributed by atoms with Gasteiger partial charge < -0.3 is 28.5 Å². The Balaban J connectivity index is 3.97. The van der Waals surface area contributed by atoms with Crippen LogP contribution in [0.3, 0.4) is 0 Å². The van der Waals surface area contributed by atoms with Crippen molar-refractivity contribution in [3.8, 4) is 0 Å². The van der Waals surface area contributed by atoms with Gasteiger partial charge in [0, 0.05) is 18.8 Å². The number of carbonyl (C=O) groups is 1. The molecule has 7 nitrogen and oxygen atoms in total. The SMILES string of the molecule is C=C(C)C(=O)OCCCP(=O)([O-])CP(=O)([O-])[O-]. The lowest BCUT2D eigenvalue weighted by Gasteiger charge is -2.36. The molecule has 100 valence electrons. The second-order valence-corrected chi connectivity index (χ2v) is 7.99. The summed E-state index contributed by atoms with van der Waals surface area (Å²) in [6.07, 6.45) is -0.551. The van der Waals surface area contributed by atoms with Gasteiger partial charge in [0.15, 0.2) is 0 Å². The topological polar surface area (TPSA) is 130 Å². The van der Waals surface area contributed by atoms with Gasteiger partial charge in [0.25, 0.3) is 0 Å². The standard InChI is InChI=1S/C8H16O7P2/c1-7(2)8(9)15-4-3-5-16(10,11)6-17(12,13)14/h1,3-6H2,2H3,(H,10,11)(H2,12,13,14)/p-3. The maximum absolute atomic E-state index is 11.1. The third kappa shape index (κ3) is 9.27. The number of esters is 1. The number of hydrogen-bond donors (Lipinski definition) is 0. The fraction of sp³-hybridized carbons (Fsp3) is 0.625. The molecule has 0 rings (SSSR count). The first-order valence-corrected chi connectivity index (χ1v) is 8.39. The zero-order chi connectivity index (χ0) is 13.7. The first kappa shape index (κ1) is 16.6. The number of hydrogen-bond acceptors (Lipinski definition) is 7. The molecule has 0 aromatic rings. The first-order chi connectivity index (χ1) is 7.53. The summed E-state index contributed by atoms with van der Waals surface area (Å²) < 4.78 is 26.0. The summed E-state index contributed by atoms with van der Waals surface area (Å²) in [6, 6.07) is 0. The molecule has 0 aliphatic rings. The normalized spacial score (nSPS) is 15.1. The van der Waals surface area contributed by atoms with E-state index in [4.69, 9.17) is 0 Å². The Labute approximate surface area is 99.1 Å². The monoisotopic (exact) mass is 283 g/mol. The van der Waals surface area contributed by atoms with Crippen molar-refractivity contribution in [1.29, 1.82) is 0 Å². The Morgan fingerprint density at radius 3 is 2.24 bits per heavy atom. The quantitative estimate of drug-likeness (QED) is 0.253. The Bertz CT molecular complexity index is 383. The van der Waals surface area contributed by atoms with Crippen molar-refractivity contribution >= 4 is 20.9 Å². The summed E-state index contributed by atoms with van der Waals surface area (Å²) >= 11 is 0. The van der Waals surface area contributed by atoms with Gasteiger partial charge in [0.2, 0.25) is 0 Å². The molecule has 0 fully saturated rings. The van der Waals surface area contributed by atoms with Crippen LogP contribution in [-0.2, 0) is 18.7 Å². The van der Waals surface area contributed by atoms with E-state index >= 15 is 0 Å². The third-order valence-corrected chi connectivity index (χ3v) is 5.72. The van der Waals surface area contributed by atoms with Crippen molar-refractivity contribution in [2.45, 2.75) is 13.3 Å². The molecule has 0 N–H and O–H groups in total. The molecule has 0 aromatic heterocycles. The molecular formula is C8H13O7P2-3. The predicted octanol–water partition coefficient (Wildman–Crippen LogP) is -0.995. The molecule has 9 heteroatoms. The average molecular weight is 283 g/mol. The lowest BCUT2D eigenvalue weighted by Crippen LogP contribution is -2.21. The molecule has 0 spiro atoms. The molecule has 0 saturated carbocycles. The van der Waals surface area contributed by atoms with E-state index < -0.39 is 33.0 Å². The summed E-state index contributed by atoms with van der Waals surface area (Å²) in [5.74, 6) is -2.03. The minimum absolute atomic E-state index is 0.0558. The predicted molar refractivity (Wildman–Crippen MR) is 55.3 cm³/mol. The van der Waals surface area contributed by atoms with Crippen LogP contribution >= 0.6 is 15.0 Å². The van der Waals surface area contributed by atoms with Crippen LogP contribution < -0.4 is 14.7 Å². The molecule has 0 saturated heterocycles. The van der Waals surface area contributed by atoms with Gasteiger partial charge in [-0.3, -0.25) is 0 Å². The van der Waals surface area contributed by atoms with Crippen molar-refractivity contribution in [1.82, 2.24) is 0 Å². The van der Waals surface area contributed by atoms with Crippen LogP contribution in [0.25, 0.3) is 0 Å². The first-order valence-electron chi connectivity index (χ1n) is 4.66. The van der Waals surface area contributed by atoms with Gasteiger partial charge >= 0.3 is 5.97 Å². The minimum Gasteiger partial charge on any atom is -0.810 e. The van der Waals surface area contributed by atoms with Crippen molar-refractivity contribution in [2.75, 3.05) is 18.7 Å². The van der Waals surface area contributed by atoms with Crippen molar-refractivity contribution < 1.29 is 33.3 Å². The second kappa shape index (κ2) is 6.47. The molecule has 1 atom stereocenters. The Morgan fingerprint density at radius 1 is 1.29 bits per heavy atom. The van der Waals surface area contributed by atoms with E-state index in [-0.39, 0.29) is 18.6 Å². The Morgan fingerprint density at radius 2 is 1.82 bits per heavy atom. The Kier molecular flexibility index (Phi) is 6.30. The summed E-state index contributed by atoms with van der Waals surface area (Å²) in [5.41, 5.74) is 0.180. The second-order valence-electron chi connectivity index (χ2n) is 3.56. The van der Waals surface area contributed by atoms with E-state index in [1.54, 1.807) is 0 Å². The van der Waals surface area contributed by atoms with E-state index in [1.807, 2.05) is 0 Å².